The fourth-order valence-corrected chi connectivity index (χ4v) is 2.68. The van der Waals surface area contributed by atoms with E-state index in [-0.39, 0.29) is 11.4 Å². The molecule has 2 aliphatic rings. The molecule has 0 heterocycles. The number of hydrogen-bond acceptors (Lipinski definition) is 4. The lowest BCUT2D eigenvalue weighted by Gasteiger charge is -2.14. The number of ketones is 1. The number of Topliss-reactive ketones (excluding diaryl/α,β-unsaturated/α-hetero) is 1. The van der Waals surface area contributed by atoms with Gasteiger partial charge in [0.25, 0.3) is 0 Å². The maximum atomic E-state index is 11.9. The van der Waals surface area contributed by atoms with Crippen molar-refractivity contribution in [2.45, 2.75) is 0 Å². The lowest BCUT2D eigenvalue weighted by Crippen LogP contribution is -2.24. The SMILES string of the molecule is CN(C)C=C1C(=O)C2C(C(=O)O)C2C1C(=O)O. The highest BCUT2D eigenvalue weighted by Crippen LogP contribution is 2.60. The van der Waals surface area contributed by atoms with Crippen LogP contribution in [0.2, 0.25) is 0 Å². The molecule has 0 bridgehead atoms. The van der Waals surface area contributed by atoms with Crippen LogP contribution >= 0.6 is 0 Å². The Morgan fingerprint density at radius 3 is 2.24 bits per heavy atom. The van der Waals surface area contributed by atoms with Gasteiger partial charge in [0.1, 0.15) is 0 Å². The van der Waals surface area contributed by atoms with Crippen molar-refractivity contribution in [1.82, 2.24) is 4.90 Å². The normalized spacial score (nSPS) is 36.8. The quantitative estimate of drug-likeness (QED) is 0.654. The molecule has 2 aliphatic carbocycles. The zero-order valence-electron chi connectivity index (χ0n) is 9.45. The van der Waals surface area contributed by atoms with E-state index in [1.807, 2.05) is 0 Å². The van der Waals surface area contributed by atoms with E-state index in [0.29, 0.717) is 0 Å². The first-order valence-corrected chi connectivity index (χ1v) is 5.24. The molecule has 2 fully saturated rings. The molecule has 0 spiro atoms. The summed E-state index contributed by atoms with van der Waals surface area (Å²) in [5.41, 5.74) is 0.218. The molecule has 0 aromatic heterocycles. The minimum absolute atomic E-state index is 0.218. The van der Waals surface area contributed by atoms with Gasteiger partial charge in [-0.3, -0.25) is 14.4 Å². The molecule has 4 atom stereocenters. The van der Waals surface area contributed by atoms with Crippen molar-refractivity contribution in [3.05, 3.63) is 11.8 Å². The number of carbonyl (C=O) groups excluding carboxylic acids is 1. The number of aliphatic carboxylic acids is 2. The topological polar surface area (TPSA) is 94.9 Å². The summed E-state index contributed by atoms with van der Waals surface area (Å²) in [7, 11) is 3.38. The average molecular weight is 239 g/mol. The minimum Gasteiger partial charge on any atom is -0.481 e. The number of nitrogens with zero attached hydrogens (tertiary/aromatic N) is 1. The number of fused-ring (bicyclic) bond motifs is 1. The molecule has 0 saturated heterocycles. The summed E-state index contributed by atoms with van der Waals surface area (Å²) < 4.78 is 0. The molecule has 6 heteroatoms. The van der Waals surface area contributed by atoms with Crippen LogP contribution in [0.15, 0.2) is 11.8 Å². The summed E-state index contributed by atoms with van der Waals surface area (Å²) >= 11 is 0. The van der Waals surface area contributed by atoms with Crippen LogP contribution in [0.25, 0.3) is 0 Å². The van der Waals surface area contributed by atoms with Gasteiger partial charge in [0.05, 0.1) is 11.8 Å². The minimum atomic E-state index is -1.12. The summed E-state index contributed by atoms with van der Waals surface area (Å²) in [6.45, 7) is 0. The van der Waals surface area contributed by atoms with E-state index in [4.69, 9.17) is 10.2 Å². The third-order valence-electron chi connectivity index (χ3n) is 3.33. The fourth-order valence-electron chi connectivity index (χ4n) is 2.68. The molecular weight excluding hydrogens is 226 g/mol. The molecule has 2 N–H and O–H groups in total. The molecule has 2 saturated carbocycles. The van der Waals surface area contributed by atoms with Gasteiger partial charge >= 0.3 is 11.9 Å². The molecule has 17 heavy (non-hydrogen) atoms. The smallest absolute Gasteiger partial charge is 0.311 e. The first-order valence-electron chi connectivity index (χ1n) is 5.24. The number of rotatable bonds is 3. The Morgan fingerprint density at radius 1 is 1.24 bits per heavy atom. The maximum Gasteiger partial charge on any atom is 0.311 e. The second-order valence-electron chi connectivity index (χ2n) is 4.70. The van der Waals surface area contributed by atoms with E-state index in [1.165, 1.54) is 6.20 Å². The van der Waals surface area contributed by atoms with Crippen LogP contribution in [0.3, 0.4) is 0 Å². The molecule has 92 valence electrons. The number of hydrogen-bond donors (Lipinski definition) is 2. The molecule has 0 radical (unpaired) electrons. The zero-order valence-corrected chi connectivity index (χ0v) is 9.45. The molecule has 0 aliphatic heterocycles. The van der Waals surface area contributed by atoms with Crippen molar-refractivity contribution in [2.75, 3.05) is 14.1 Å². The largest absolute Gasteiger partial charge is 0.481 e. The van der Waals surface area contributed by atoms with Gasteiger partial charge in [-0.2, -0.15) is 0 Å². The van der Waals surface area contributed by atoms with E-state index in [2.05, 4.69) is 0 Å². The Morgan fingerprint density at radius 2 is 1.82 bits per heavy atom. The van der Waals surface area contributed by atoms with Gasteiger partial charge in [-0.15, -0.1) is 0 Å². The standard InChI is InChI=1S/C11H13NO5/c1-12(2)3-4-5(10(14)15)6-7(9(4)13)8(6)11(16)17/h3,5-8H,1-2H3,(H,14,15)(H,16,17). The molecule has 0 aromatic carbocycles. The summed E-state index contributed by atoms with van der Waals surface area (Å²) in [5.74, 6) is -5.53. The number of carboxylic acids is 2. The summed E-state index contributed by atoms with van der Waals surface area (Å²) in [6.07, 6.45) is 1.48. The van der Waals surface area contributed by atoms with Crippen molar-refractivity contribution >= 4 is 17.7 Å². The summed E-state index contributed by atoms with van der Waals surface area (Å²) in [6, 6.07) is 0. The fraction of sp³-hybridized carbons (Fsp3) is 0.545. The van der Waals surface area contributed by atoms with Crippen LogP contribution < -0.4 is 0 Å². The highest BCUT2D eigenvalue weighted by atomic mass is 16.4. The Kier molecular flexibility index (Phi) is 2.45. The van der Waals surface area contributed by atoms with E-state index < -0.39 is 35.6 Å². The third kappa shape index (κ3) is 1.60. The molecule has 0 amide bonds. The maximum absolute atomic E-state index is 11.9. The monoisotopic (exact) mass is 239 g/mol. The van der Waals surface area contributed by atoms with Crippen LogP contribution in [-0.2, 0) is 14.4 Å². The predicted molar refractivity (Wildman–Crippen MR) is 56.0 cm³/mol. The average Bonchev–Trinajstić information content (AvgIpc) is 2.83. The number of carboxylic acid groups (broad SMARTS) is 2. The van der Waals surface area contributed by atoms with Gasteiger partial charge in [0.2, 0.25) is 0 Å². The van der Waals surface area contributed by atoms with E-state index in [1.54, 1.807) is 19.0 Å². The predicted octanol–water partition coefficient (Wildman–Crippen LogP) is -0.338. The molecule has 2 rings (SSSR count). The second-order valence-corrected chi connectivity index (χ2v) is 4.70. The first kappa shape index (κ1) is 11.6. The van der Waals surface area contributed by atoms with Crippen molar-refractivity contribution in [1.29, 1.82) is 0 Å². The lowest BCUT2D eigenvalue weighted by molar-refractivity contribution is -0.143. The zero-order chi connectivity index (χ0) is 12.9. The molecular formula is C11H13NO5. The van der Waals surface area contributed by atoms with Gasteiger partial charge in [0, 0.05) is 37.7 Å². The molecule has 6 nitrogen and oxygen atoms in total. The highest BCUT2D eigenvalue weighted by molar-refractivity contribution is 6.10. The summed E-state index contributed by atoms with van der Waals surface area (Å²) in [5, 5.41) is 18.0. The van der Waals surface area contributed by atoms with Gasteiger partial charge < -0.3 is 15.1 Å². The Hall–Kier alpha value is -1.85. The molecule has 0 aromatic rings. The Labute approximate surface area is 97.5 Å². The summed E-state index contributed by atoms with van der Waals surface area (Å²) in [4.78, 5) is 35.5. The van der Waals surface area contributed by atoms with Crippen LogP contribution in [0.5, 0.6) is 0 Å². The van der Waals surface area contributed by atoms with E-state index in [9.17, 15) is 14.4 Å². The number of carbonyl (C=O) groups is 3. The van der Waals surface area contributed by atoms with E-state index in [0.717, 1.165) is 0 Å². The van der Waals surface area contributed by atoms with Crippen LogP contribution in [0, 0.1) is 23.7 Å². The van der Waals surface area contributed by atoms with Crippen molar-refractivity contribution in [3.8, 4) is 0 Å². The van der Waals surface area contributed by atoms with Gasteiger partial charge in [-0.25, -0.2) is 0 Å². The van der Waals surface area contributed by atoms with Crippen LogP contribution in [-0.4, -0.2) is 46.9 Å². The molecule has 4 unspecified atom stereocenters. The van der Waals surface area contributed by atoms with E-state index >= 15 is 0 Å². The first-order chi connectivity index (χ1) is 7.86. The van der Waals surface area contributed by atoms with Crippen LogP contribution in [0.4, 0.5) is 0 Å². The van der Waals surface area contributed by atoms with Crippen LogP contribution in [0.1, 0.15) is 0 Å². The lowest BCUT2D eigenvalue weighted by atomic mass is 9.94. The second kappa shape index (κ2) is 3.58. The van der Waals surface area contributed by atoms with Gasteiger partial charge in [-0.05, 0) is 0 Å². The Bertz CT molecular complexity index is 439. The van der Waals surface area contributed by atoms with Crippen molar-refractivity contribution in [2.24, 2.45) is 23.7 Å². The highest BCUT2D eigenvalue weighted by Gasteiger charge is 2.70. The van der Waals surface area contributed by atoms with Gasteiger partial charge in [-0.1, -0.05) is 0 Å². The van der Waals surface area contributed by atoms with Crippen molar-refractivity contribution in [3.63, 3.8) is 0 Å². The third-order valence-corrected chi connectivity index (χ3v) is 3.33. The Balaban J connectivity index is 2.33. The van der Waals surface area contributed by atoms with Gasteiger partial charge in [0.15, 0.2) is 5.78 Å². The van der Waals surface area contributed by atoms with Crippen molar-refractivity contribution < 1.29 is 24.6 Å².